The van der Waals surface area contributed by atoms with Gasteiger partial charge in [0.05, 0.1) is 0 Å². The number of rotatable bonds is 8. The molecule has 5 nitrogen and oxygen atoms in total. The van der Waals surface area contributed by atoms with Crippen molar-refractivity contribution < 1.29 is 9.59 Å². The minimum absolute atomic E-state index is 0.0606. The van der Waals surface area contributed by atoms with Gasteiger partial charge in [-0.1, -0.05) is 49.4 Å². The topological polar surface area (TPSA) is 61.4 Å². The zero-order chi connectivity index (χ0) is 21.8. The van der Waals surface area contributed by atoms with Crippen molar-refractivity contribution in [2.75, 3.05) is 13.1 Å². The van der Waals surface area contributed by atoms with Crippen LogP contribution >= 0.6 is 0 Å². The molecule has 1 saturated carbocycles. The third-order valence-electron chi connectivity index (χ3n) is 6.80. The van der Waals surface area contributed by atoms with Crippen molar-refractivity contribution in [1.29, 1.82) is 0 Å². The fraction of sp³-hybridized carbons (Fsp3) is 0.462. The molecule has 0 aromatic heterocycles. The standard InChI is InChI=1S/C26H33N3O2/c1-3-18(2)28-25(30)21-11-7-10-20(12-21)14-27-26(31)24-22-13-23(24)17-29(16-22)15-19-8-5-4-6-9-19/h4-12,18,22-24H,3,13-17H2,1-2H3,(H,27,31)(H,28,30)/t18-,22-,23-/m0/s1. The van der Waals surface area contributed by atoms with Gasteiger partial charge in [0.15, 0.2) is 0 Å². The summed E-state index contributed by atoms with van der Waals surface area (Å²) in [6.07, 6.45) is 2.06. The molecule has 5 heteroatoms. The third kappa shape index (κ3) is 5.16. The first kappa shape index (κ1) is 21.6. The van der Waals surface area contributed by atoms with E-state index in [-0.39, 0.29) is 23.8 Å². The molecule has 31 heavy (non-hydrogen) atoms. The minimum atomic E-state index is -0.0606. The van der Waals surface area contributed by atoms with E-state index in [1.807, 2.05) is 44.2 Å². The molecule has 2 aliphatic heterocycles. The number of carbonyl (C=O) groups excluding carboxylic acids is 2. The van der Waals surface area contributed by atoms with Crippen LogP contribution in [0.25, 0.3) is 0 Å². The quantitative estimate of drug-likeness (QED) is 0.687. The zero-order valence-electron chi connectivity index (χ0n) is 18.5. The van der Waals surface area contributed by atoms with Crippen LogP contribution in [0.3, 0.4) is 0 Å². The highest BCUT2D eigenvalue weighted by Gasteiger charge is 2.49. The van der Waals surface area contributed by atoms with Crippen LogP contribution in [0.1, 0.15) is 48.2 Å². The van der Waals surface area contributed by atoms with Gasteiger partial charge in [0.25, 0.3) is 5.91 Å². The van der Waals surface area contributed by atoms with Crippen LogP contribution in [0.4, 0.5) is 0 Å². The average Bonchev–Trinajstić information content (AvgIpc) is 2.78. The maximum absolute atomic E-state index is 12.9. The Balaban J connectivity index is 1.27. The first-order chi connectivity index (χ1) is 15.0. The highest BCUT2D eigenvalue weighted by molar-refractivity contribution is 5.94. The molecule has 2 amide bonds. The maximum atomic E-state index is 12.9. The Morgan fingerprint density at radius 3 is 2.45 bits per heavy atom. The molecule has 3 fully saturated rings. The molecule has 0 radical (unpaired) electrons. The summed E-state index contributed by atoms with van der Waals surface area (Å²) >= 11 is 0. The summed E-state index contributed by atoms with van der Waals surface area (Å²) in [7, 11) is 0. The van der Waals surface area contributed by atoms with Crippen molar-refractivity contribution >= 4 is 11.8 Å². The first-order valence-electron chi connectivity index (χ1n) is 11.5. The van der Waals surface area contributed by atoms with Crippen LogP contribution in [0.2, 0.25) is 0 Å². The molecule has 2 N–H and O–H groups in total. The molecular weight excluding hydrogens is 386 g/mol. The molecule has 0 spiro atoms. The van der Waals surface area contributed by atoms with E-state index in [0.29, 0.717) is 23.9 Å². The molecule has 2 aromatic carbocycles. The van der Waals surface area contributed by atoms with E-state index in [4.69, 9.17) is 0 Å². The number of benzene rings is 2. The Labute approximate surface area is 185 Å². The van der Waals surface area contributed by atoms with Gasteiger partial charge in [-0.05, 0) is 54.9 Å². The third-order valence-corrected chi connectivity index (χ3v) is 6.80. The van der Waals surface area contributed by atoms with Crippen molar-refractivity contribution in [3.8, 4) is 0 Å². The van der Waals surface area contributed by atoms with E-state index in [0.717, 1.165) is 38.0 Å². The van der Waals surface area contributed by atoms with E-state index in [1.165, 1.54) is 5.56 Å². The smallest absolute Gasteiger partial charge is 0.251 e. The summed E-state index contributed by atoms with van der Waals surface area (Å²) < 4.78 is 0. The molecule has 2 aromatic rings. The van der Waals surface area contributed by atoms with Crippen molar-refractivity contribution in [3.63, 3.8) is 0 Å². The van der Waals surface area contributed by atoms with Crippen molar-refractivity contribution in [1.82, 2.24) is 15.5 Å². The molecule has 5 rings (SSSR count). The molecule has 2 heterocycles. The highest BCUT2D eigenvalue weighted by Crippen LogP contribution is 2.45. The summed E-state index contributed by atoms with van der Waals surface area (Å²) in [5.41, 5.74) is 2.94. The molecule has 1 aliphatic carbocycles. The zero-order valence-corrected chi connectivity index (χ0v) is 18.5. The number of nitrogens with zero attached hydrogens (tertiary/aromatic N) is 1. The van der Waals surface area contributed by atoms with Gasteiger partial charge in [-0.25, -0.2) is 0 Å². The molecule has 3 aliphatic rings. The Kier molecular flexibility index (Phi) is 6.71. The second kappa shape index (κ2) is 9.65. The summed E-state index contributed by atoms with van der Waals surface area (Å²) in [5, 5.41) is 6.11. The minimum Gasteiger partial charge on any atom is -0.352 e. The summed E-state index contributed by atoms with van der Waals surface area (Å²) in [6.45, 7) is 7.47. The van der Waals surface area contributed by atoms with Gasteiger partial charge in [0.2, 0.25) is 5.91 Å². The number of piperidine rings is 2. The van der Waals surface area contributed by atoms with Gasteiger partial charge in [-0.3, -0.25) is 14.5 Å². The maximum Gasteiger partial charge on any atom is 0.251 e. The average molecular weight is 420 g/mol. The summed E-state index contributed by atoms with van der Waals surface area (Å²) in [5.74, 6) is 1.14. The van der Waals surface area contributed by atoms with E-state index in [2.05, 4.69) is 39.8 Å². The van der Waals surface area contributed by atoms with Crippen molar-refractivity contribution in [2.45, 2.75) is 45.8 Å². The number of fused-ring (bicyclic) bond motifs is 2. The second-order valence-corrected chi connectivity index (χ2v) is 9.16. The van der Waals surface area contributed by atoms with Gasteiger partial charge in [0.1, 0.15) is 0 Å². The van der Waals surface area contributed by atoms with Crippen LogP contribution in [-0.2, 0) is 17.9 Å². The molecule has 3 atom stereocenters. The van der Waals surface area contributed by atoms with Crippen LogP contribution in [-0.4, -0.2) is 35.8 Å². The fourth-order valence-corrected chi connectivity index (χ4v) is 4.92. The summed E-state index contributed by atoms with van der Waals surface area (Å²) in [4.78, 5) is 27.7. The predicted molar refractivity (Wildman–Crippen MR) is 122 cm³/mol. The van der Waals surface area contributed by atoms with E-state index < -0.39 is 0 Å². The van der Waals surface area contributed by atoms with Gasteiger partial charge < -0.3 is 10.6 Å². The van der Waals surface area contributed by atoms with Gasteiger partial charge in [-0.15, -0.1) is 0 Å². The molecule has 2 saturated heterocycles. The lowest BCUT2D eigenvalue weighted by Gasteiger charge is -2.52. The SMILES string of the molecule is CC[C@H](C)NC(=O)c1cccc(CNC(=O)C2[C@H]3C[C@H]2CN(Cc2ccccc2)C3)c1. The van der Waals surface area contributed by atoms with Crippen molar-refractivity contribution in [3.05, 3.63) is 71.3 Å². The Bertz CT molecular complexity index is 902. The van der Waals surface area contributed by atoms with Gasteiger partial charge >= 0.3 is 0 Å². The fourth-order valence-electron chi connectivity index (χ4n) is 4.92. The van der Waals surface area contributed by atoms with Crippen LogP contribution < -0.4 is 10.6 Å². The lowest BCUT2D eigenvalue weighted by molar-refractivity contribution is -0.142. The monoisotopic (exact) mass is 419 g/mol. The van der Waals surface area contributed by atoms with Gasteiger partial charge in [0, 0.05) is 43.7 Å². The lowest BCUT2D eigenvalue weighted by Crippen LogP contribution is -2.59. The lowest BCUT2D eigenvalue weighted by atomic mass is 9.61. The number of hydrogen-bond donors (Lipinski definition) is 2. The second-order valence-electron chi connectivity index (χ2n) is 9.16. The van der Waals surface area contributed by atoms with Crippen LogP contribution in [0.15, 0.2) is 54.6 Å². The van der Waals surface area contributed by atoms with E-state index >= 15 is 0 Å². The normalized spacial score (nSPS) is 23.5. The molecule has 2 bridgehead atoms. The Morgan fingerprint density at radius 2 is 1.74 bits per heavy atom. The number of hydrogen-bond acceptors (Lipinski definition) is 3. The Morgan fingerprint density at radius 1 is 1.03 bits per heavy atom. The van der Waals surface area contributed by atoms with E-state index in [1.54, 1.807) is 0 Å². The first-order valence-corrected chi connectivity index (χ1v) is 11.5. The Hall–Kier alpha value is -2.66. The summed E-state index contributed by atoms with van der Waals surface area (Å²) in [6, 6.07) is 18.2. The van der Waals surface area contributed by atoms with Crippen molar-refractivity contribution in [2.24, 2.45) is 17.8 Å². The van der Waals surface area contributed by atoms with E-state index in [9.17, 15) is 9.59 Å². The number of amides is 2. The van der Waals surface area contributed by atoms with Gasteiger partial charge in [-0.2, -0.15) is 0 Å². The van der Waals surface area contributed by atoms with Crippen LogP contribution in [0, 0.1) is 17.8 Å². The largest absolute Gasteiger partial charge is 0.352 e. The number of carbonyl (C=O) groups is 2. The molecular formula is C26H33N3O2. The molecule has 164 valence electrons. The number of nitrogens with one attached hydrogen (secondary N) is 2. The molecule has 0 unspecified atom stereocenters. The predicted octanol–water partition coefficient (Wildman–Crippen LogP) is 3.60. The highest BCUT2D eigenvalue weighted by atomic mass is 16.2. The van der Waals surface area contributed by atoms with Crippen LogP contribution in [0.5, 0.6) is 0 Å².